The molecule has 0 saturated carbocycles. The lowest BCUT2D eigenvalue weighted by Gasteiger charge is -2.12. The van der Waals surface area contributed by atoms with Gasteiger partial charge in [0.15, 0.2) is 5.11 Å². The molecule has 0 heterocycles. The van der Waals surface area contributed by atoms with Crippen molar-refractivity contribution in [2.75, 3.05) is 5.32 Å². The fourth-order valence-electron chi connectivity index (χ4n) is 1.58. The number of hydrogen-bond acceptors (Lipinski definition) is 2. The molecule has 1 amide bonds. The SMILES string of the molecule is O=C(NC(=S)Nc1cc(Cl)c(Cl)cc1Cl)c1cccc(F)c1. The zero-order valence-electron chi connectivity index (χ0n) is 10.8. The fraction of sp³-hybridized carbons (Fsp3) is 0. The molecule has 3 nitrogen and oxygen atoms in total. The van der Waals surface area contributed by atoms with Gasteiger partial charge in [-0.15, -0.1) is 0 Å². The summed E-state index contributed by atoms with van der Waals surface area (Å²) in [6.07, 6.45) is 0. The van der Waals surface area contributed by atoms with E-state index in [2.05, 4.69) is 10.6 Å². The van der Waals surface area contributed by atoms with E-state index in [-0.39, 0.29) is 20.7 Å². The highest BCUT2D eigenvalue weighted by molar-refractivity contribution is 7.80. The summed E-state index contributed by atoms with van der Waals surface area (Å²) in [6.45, 7) is 0. The van der Waals surface area contributed by atoms with Crippen LogP contribution in [0, 0.1) is 5.82 Å². The molecule has 2 aromatic carbocycles. The normalized spacial score (nSPS) is 10.2. The van der Waals surface area contributed by atoms with Crippen LogP contribution in [0.4, 0.5) is 10.1 Å². The highest BCUT2D eigenvalue weighted by atomic mass is 35.5. The molecule has 0 unspecified atom stereocenters. The summed E-state index contributed by atoms with van der Waals surface area (Å²) < 4.78 is 13.1. The summed E-state index contributed by atoms with van der Waals surface area (Å²) in [5.41, 5.74) is 0.532. The van der Waals surface area contributed by atoms with Gasteiger partial charge in [0, 0.05) is 5.56 Å². The molecular weight excluding hydrogens is 370 g/mol. The quantitative estimate of drug-likeness (QED) is 0.577. The Morgan fingerprint density at radius 3 is 2.41 bits per heavy atom. The van der Waals surface area contributed by atoms with Gasteiger partial charge in [0.1, 0.15) is 5.82 Å². The van der Waals surface area contributed by atoms with Crippen molar-refractivity contribution in [3.8, 4) is 0 Å². The van der Waals surface area contributed by atoms with Crippen LogP contribution in [-0.2, 0) is 0 Å². The third-order valence-corrected chi connectivity index (χ3v) is 3.81. The molecule has 0 bridgehead atoms. The van der Waals surface area contributed by atoms with Crippen molar-refractivity contribution in [1.29, 1.82) is 0 Å². The van der Waals surface area contributed by atoms with Gasteiger partial charge in [0.25, 0.3) is 5.91 Å². The molecule has 0 spiro atoms. The number of nitrogens with one attached hydrogen (secondary N) is 2. The number of amides is 1. The molecule has 22 heavy (non-hydrogen) atoms. The molecule has 0 aliphatic rings. The fourth-order valence-corrected chi connectivity index (χ4v) is 2.37. The van der Waals surface area contributed by atoms with Crippen molar-refractivity contribution >= 4 is 63.7 Å². The number of anilines is 1. The Kier molecular flexibility index (Phi) is 5.58. The van der Waals surface area contributed by atoms with Crippen LogP contribution in [0.1, 0.15) is 10.4 Å². The smallest absolute Gasteiger partial charge is 0.257 e. The van der Waals surface area contributed by atoms with Gasteiger partial charge in [-0.3, -0.25) is 10.1 Å². The van der Waals surface area contributed by atoms with Crippen molar-refractivity contribution in [3.05, 3.63) is 62.8 Å². The van der Waals surface area contributed by atoms with Crippen LogP contribution in [0.5, 0.6) is 0 Å². The van der Waals surface area contributed by atoms with E-state index in [9.17, 15) is 9.18 Å². The van der Waals surface area contributed by atoms with Crippen LogP contribution in [0.25, 0.3) is 0 Å². The summed E-state index contributed by atoms with van der Waals surface area (Å²) in [5, 5.41) is 6.00. The van der Waals surface area contributed by atoms with Crippen molar-refractivity contribution in [2.45, 2.75) is 0 Å². The molecular formula is C14H8Cl3FN2OS. The first-order valence-electron chi connectivity index (χ1n) is 5.89. The van der Waals surface area contributed by atoms with Crippen LogP contribution in [-0.4, -0.2) is 11.0 Å². The van der Waals surface area contributed by atoms with Crippen molar-refractivity contribution in [2.24, 2.45) is 0 Å². The number of thiocarbonyl (C=S) groups is 1. The lowest BCUT2D eigenvalue weighted by atomic mass is 10.2. The van der Waals surface area contributed by atoms with Crippen molar-refractivity contribution in [3.63, 3.8) is 0 Å². The Balaban J connectivity index is 2.07. The molecule has 0 saturated heterocycles. The summed E-state index contributed by atoms with van der Waals surface area (Å²) in [6, 6.07) is 8.16. The van der Waals surface area contributed by atoms with Gasteiger partial charge in [-0.25, -0.2) is 4.39 Å². The molecule has 0 fully saturated rings. The average Bonchev–Trinajstić information content (AvgIpc) is 2.44. The van der Waals surface area contributed by atoms with E-state index in [4.69, 9.17) is 47.0 Å². The maximum atomic E-state index is 13.1. The maximum Gasteiger partial charge on any atom is 0.257 e. The minimum absolute atomic E-state index is 0.00505. The van der Waals surface area contributed by atoms with Gasteiger partial charge in [-0.1, -0.05) is 40.9 Å². The van der Waals surface area contributed by atoms with Crippen LogP contribution < -0.4 is 10.6 Å². The van der Waals surface area contributed by atoms with E-state index >= 15 is 0 Å². The first-order chi connectivity index (χ1) is 10.4. The van der Waals surface area contributed by atoms with Gasteiger partial charge in [-0.2, -0.15) is 0 Å². The first kappa shape index (κ1) is 17.0. The molecule has 0 aromatic heterocycles. The van der Waals surface area contributed by atoms with E-state index in [1.165, 1.54) is 30.3 Å². The Hall–Kier alpha value is -1.40. The number of carbonyl (C=O) groups excluding carboxylic acids is 1. The van der Waals surface area contributed by atoms with Crippen LogP contribution in [0.15, 0.2) is 36.4 Å². The zero-order valence-corrected chi connectivity index (χ0v) is 13.9. The standard InChI is InChI=1S/C14H8Cl3FN2OS/c15-9-5-11(17)12(6-10(9)16)19-14(22)20-13(21)7-2-1-3-8(18)4-7/h1-6H,(H2,19,20,21,22). The van der Waals surface area contributed by atoms with E-state index in [0.29, 0.717) is 10.7 Å². The lowest BCUT2D eigenvalue weighted by molar-refractivity contribution is 0.0977. The van der Waals surface area contributed by atoms with Gasteiger partial charge in [-0.05, 0) is 42.5 Å². The molecule has 0 radical (unpaired) electrons. The second-order valence-corrected chi connectivity index (χ2v) is 5.79. The average molecular weight is 378 g/mol. The zero-order chi connectivity index (χ0) is 16.3. The third kappa shape index (κ3) is 4.30. The minimum Gasteiger partial charge on any atom is -0.331 e. The number of benzene rings is 2. The summed E-state index contributed by atoms with van der Waals surface area (Å²) >= 11 is 22.7. The largest absolute Gasteiger partial charge is 0.331 e. The topological polar surface area (TPSA) is 41.1 Å². The number of rotatable bonds is 2. The minimum atomic E-state index is -0.548. The Labute approximate surface area is 146 Å². The lowest BCUT2D eigenvalue weighted by Crippen LogP contribution is -2.34. The van der Waals surface area contributed by atoms with E-state index in [0.717, 1.165) is 6.07 Å². The molecule has 8 heteroatoms. The second kappa shape index (κ2) is 7.24. The first-order valence-corrected chi connectivity index (χ1v) is 7.43. The molecule has 2 N–H and O–H groups in total. The van der Waals surface area contributed by atoms with Crippen molar-refractivity contribution < 1.29 is 9.18 Å². The molecule has 2 rings (SSSR count). The number of carbonyl (C=O) groups is 1. The summed E-state index contributed by atoms with van der Waals surface area (Å²) in [4.78, 5) is 11.9. The maximum absolute atomic E-state index is 13.1. The summed E-state index contributed by atoms with van der Waals surface area (Å²) in [5.74, 6) is -1.06. The van der Waals surface area contributed by atoms with Gasteiger partial charge >= 0.3 is 0 Å². The van der Waals surface area contributed by atoms with Crippen LogP contribution in [0.2, 0.25) is 15.1 Å². The highest BCUT2D eigenvalue weighted by Crippen LogP contribution is 2.32. The third-order valence-electron chi connectivity index (χ3n) is 2.57. The molecule has 114 valence electrons. The molecule has 2 aromatic rings. The molecule has 0 aliphatic carbocycles. The van der Waals surface area contributed by atoms with Gasteiger partial charge in [0.2, 0.25) is 0 Å². The predicted molar refractivity (Wildman–Crippen MR) is 91.6 cm³/mol. The Morgan fingerprint density at radius 1 is 1.05 bits per heavy atom. The number of halogens is 4. The highest BCUT2D eigenvalue weighted by Gasteiger charge is 2.11. The van der Waals surface area contributed by atoms with Crippen LogP contribution >= 0.6 is 47.0 Å². The van der Waals surface area contributed by atoms with E-state index in [1.807, 2.05) is 0 Å². The van der Waals surface area contributed by atoms with Gasteiger partial charge in [0.05, 0.1) is 20.8 Å². The number of hydrogen-bond donors (Lipinski definition) is 2. The second-order valence-electron chi connectivity index (χ2n) is 4.16. The van der Waals surface area contributed by atoms with Gasteiger partial charge < -0.3 is 5.32 Å². The monoisotopic (exact) mass is 376 g/mol. The Morgan fingerprint density at radius 2 is 1.73 bits per heavy atom. The predicted octanol–water partition coefficient (Wildman–Crippen LogP) is 4.91. The molecule has 0 aliphatic heterocycles. The van der Waals surface area contributed by atoms with Crippen molar-refractivity contribution in [1.82, 2.24) is 5.32 Å². The Bertz CT molecular complexity index is 755. The van der Waals surface area contributed by atoms with E-state index < -0.39 is 11.7 Å². The summed E-state index contributed by atoms with van der Waals surface area (Å²) in [7, 11) is 0. The van der Waals surface area contributed by atoms with E-state index in [1.54, 1.807) is 0 Å². The molecule has 0 atom stereocenters. The van der Waals surface area contributed by atoms with Crippen LogP contribution in [0.3, 0.4) is 0 Å².